The van der Waals surface area contributed by atoms with E-state index >= 15 is 0 Å². The van der Waals surface area contributed by atoms with Crippen LogP contribution in [0.25, 0.3) is 0 Å². The van der Waals surface area contributed by atoms with Crippen LogP contribution in [0.15, 0.2) is 66.9 Å². The number of ether oxygens (including phenoxy) is 1. The summed E-state index contributed by atoms with van der Waals surface area (Å²) in [5, 5.41) is 5.45. The number of hydrogen-bond donors (Lipinski definition) is 2. The van der Waals surface area contributed by atoms with Gasteiger partial charge in [-0.05, 0) is 60.4 Å². The van der Waals surface area contributed by atoms with Gasteiger partial charge < -0.3 is 20.3 Å². The molecule has 7 nitrogen and oxygen atoms in total. The first-order chi connectivity index (χ1) is 16.1. The van der Waals surface area contributed by atoms with Crippen molar-refractivity contribution in [3.63, 3.8) is 0 Å². The van der Waals surface area contributed by atoms with E-state index in [4.69, 9.17) is 4.74 Å². The molecular weight excluding hydrogens is 416 g/mol. The van der Waals surface area contributed by atoms with E-state index in [9.17, 15) is 9.59 Å². The number of pyridine rings is 1. The van der Waals surface area contributed by atoms with E-state index in [0.717, 1.165) is 30.9 Å². The van der Waals surface area contributed by atoms with Gasteiger partial charge in [-0.1, -0.05) is 30.3 Å². The van der Waals surface area contributed by atoms with Gasteiger partial charge in [-0.3, -0.25) is 9.59 Å². The van der Waals surface area contributed by atoms with Crippen LogP contribution in [0.2, 0.25) is 0 Å². The number of carbonyl (C=O) groups is 2. The molecule has 3 aromatic rings. The van der Waals surface area contributed by atoms with Crippen molar-refractivity contribution in [2.24, 2.45) is 0 Å². The van der Waals surface area contributed by atoms with E-state index in [-0.39, 0.29) is 18.4 Å². The van der Waals surface area contributed by atoms with Gasteiger partial charge in [0, 0.05) is 31.4 Å². The summed E-state index contributed by atoms with van der Waals surface area (Å²) in [5.41, 5.74) is 4.13. The smallest absolute Gasteiger partial charge is 0.251 e. The topological polar surface area (TPSA) is 83.6 Å². The Labute approximate surface area is 193 Å². The first-order valence-corrected chi connectivity index (χ1v) is 11.2. The van der Waals surface area contributed by atoms with E-state index in [1.165, 1.54) is 11.1 Å². The number of benzene rings is 2. The highest BCUT2D eigenvalue weighted by molar-refractivity contribution is 5.96. The lowest BCUT2D eigenvalue weighted by Crippen LogP contribution is -2.36. The van der Waals surface area contributed by atoms with E-state index in [2.05, 4.69) is 44.8 Å². The second kappa shape index (κ2) is 10.6. The maximum atomic E-state index is 12.2. The maximum absolute atomic E-state index is 12.2. The zero-order valence-corrected chi connectivity index (χ0v) is 18.7. The van der Waals surface area contributed by atoms with Gasteiger partial charge >= 0.3 is 0 Å². The number of nitrogens with zero attached hydrogens (tertiary/aromatic N) is 2. The minimum absolute atomic E-state index is 0.0925. The van der Waals surface area contributed by atoms with Crippen LogP contribution < -0.4 is 20.3 Å². The predicted molar refractivity (Wildman–Crippen MR) is 127 cm³/mol. The standard InChI is InChI=1S/C26H28N4O3/c1-2-33-23-10-8-21(9-11-23)26(32)29-17-25(31)28-16-19-7-12-24(27-15-19)30-14-13-20-5-3-4-6-22(20)18-30/h3-12,15H,2,13-14,16-18H2,1H3,(H,28,31)(H,29,32). The Bertz CT molecular complexity index is 1100. The molecule has 0 unspecified atom stereocenters. The Morgan fingerprint density at radius 2 is 1.79 bits per heavy atom. The van der Waals surface area contributed by atoms with Crippen LogP contribution in [0, 0.1) is 0 Å². The quantitative estimate of drug-likeness (QED) is 0.558. The molecule has 1 aliphatic rings. The number of anilines is 1. The summed E-state index contributed by atoms with van der Waals surface area (Å²) in [5.74, 6) is 1.08. The molecule has 33 heavy (non-hydrogen) atoms. The highest BCUT2D eigenvalue weighted by Gasteiger charge is 2.17. The van der Waals surface area contributed by atoms with Gasteiger partial charge in [-0.15, -0.1) is 0 Å². The lowest BCUT2D eigenvalue weighted by Gasteiger charge is -2.29. The molecule has 2 N–H and O–H groups in total. The molecule has 0 atom stereocenters. The number of carbonyl (C=O) groups excluding carboxylic acids is 2. The summed E-state index contributed by atoms with van der Waals surface area (Å²) in [6.07, 6.45) is 2.80. The van der Waals surface area contributed by atoms with E-state index < -0.39 is 0 Å². The molecule has 0 spiro atoms. The molecule has 7 heteroatoms. The van der Waals surface area contributed by atoms with Crippen molar-refractivity contribution in [3.05, 3.63) is 89.1 Å². The van der Waals surface area contributed by atoms with Gasteiger partial charge in [-0.25, -0.2) is 4.98 Å². The van der Waals surface area contributed by atoms with Crippen molar-refractivity contribution in [1.82, 2.24) is 15.6 Å². The summed E-state index contributed by atoms with van der Waals surface area (Å²) in [4.78, 5) is 31.2. The van der Waals surface area contributed by atoms with Crippen molar-refractivity contribution in [1.29, 1.82) is 0 Å². The van der Waals surface area contributed by atoms with Crippen LogP contribution in [0.5, 0.6) is 5.75 Å². The van der Waals surface area contributed by atoms with Crippen LogP contribution in [-0.2, 0) is 24.3 Å². The second-order valence-corrected chi connectivity index (χ2v) is 7.88. The molecule has 0 saturated carbocycles. The third-order valence-electron chi connectivity index (χ3n) is 5.59. The van der Waals surface area contributed by atoms with E-state index in [1.807, 2.05) is 19.1 Å². The van der Waals surface area contributed by atoms with Crippen LogP contribution in [0.4, 0.5) is 5.82 Å². The van der Waals surface area contributed by atoms with Crippen LogP contribution >= 0.6 is 0 Å². The number of hydrogen-bond acceptors (Lipinski definition) is 5. The molecule has 2 amide bonds. The van der Waals surface area contributed by atoms with Crippen LogP contribution in [0.3, 0.4) is 0 Å². The zero-order valence-electron chi connectivity index (χ0n) is 18.7. The average molecular weight is 445 g/mol. The molecule has 0 fully saturated rings. The average Bonchev–Trinajstić information content (AvgIpc) is 2.86. The summed E-state index contributed by atoms with van der Waals surface area (Å²) >= 11 is 0. The van der Waals surface area contributed by atoms with Crippen molar-refractivity contribution in [2.75, 3.05) is 24.6 Å². The Balaban J connectivity index is 1.22. The molecular formula is C26H28N4O3. The molecule has 1 aliphatic heterocycles. The lowest BCUT2D eigenvalue weighted by atomic mass is 10.00. The molecule has 0 aliphatic carbocycles. The molecule has 0 radical (unpaired) electrons. The normalized spacial score (nSPS) is 12.6. The van der Waals surface area contributed by atoms with E-state index in [0.29, 0.717) is 24.5 Å². The van der Waals surface area contributed by atoms with Gasteiger partial charge in [-0.2, -0.15) is 0 Å². The number of nitrogens with one attached hydrogen (secondary N) is 2. The fraction of sp³-hybridized carbons (Fsp3) is 0.269. The third-order valence-corrected chi connectivity index (χ3v) is 5.59. The third kappa shape index (κ3) is 5.88. The van der Waals surface area contributed by atoms with Crippen LogP contribution in [-0.4, -0.2) is 36.5 Å². The zero-order chi connectivity index (χ0) is 23.0. The molecule has 4 rings (SSSR count). The number of amides is 2. The van der Waals surface area contributed by atoms with Crippen molar-refractivity contribution in [2.45, 2.75) is 26.4 Å². The number of rotatable bonds is 8. The van der Waals surface area contributed by atoms with Gasteiger partial charge in [0.25, 0.3) is 5.91 Å². The molecule has 1 aromatic heterocycles. The summed E-state index contributed by atoms with van der Waals surface area (Å²) in [6, 6.07) is 19.3. The minimum Gasteiger partial charge on any atom is -0.494 e. The molecule has 2 aromatic carbocycles. The molecule has 0 bridgehead atoms. The van der Waals surface area contributed by atoms with Gasteiger partial charge in [0.05, 0.1) is 13.2 Å². The SMILES string of the molecule is CCOc1ccc(C(=O)NCC(=O)NCc2ccc(N3CCc4ccccc4C3)nc2)cc1. The largest absolute Gasteiger partial charge is 0.494 e. The van der Waals surface area contributed by atoms with Crippen molar-refractivity contribution >= 4 is 17.6 Å². The van der Waals surface area contributed by atoms with Crippen molar-refractivity contribution < 1.29 is 14.3 Å². The Hall–Kier alpha value is -3.87. The van der Waals surface area contributed by atoms with Gasteiger partial charge in [0.2, 0.25) is 5.91 Å². The first kappa shape index (κ1) is 22.3. The highest BCUT2D eigenvalue weighted by Crippen LogP contribution is 2.23. The first-order valence-electron chi connectivity index (χ1n) is 11.2. The lowest BCUT2D eigenvalue weighted by molar-refractivity contribution is -0.120. The number of aromatic nitrogens is 1. The fourth-order valence-corrected chi connectivity index (χ4v) is 3.79. The van der Waals surface area contributed by atoms with Crippen LogP contribution in [0.1, 0.15) is 34.0 Å². The predicted octanol–water partition coefficient (Wildman–Crippen LogP) is 3.09. The summed E-state index contributed by atoms with van der Waals surface area (Å²) in [6.45, 7) is 4.52. The summed E-state index contributed by atoms with van der Waals surface area (Å²) in [7, 11) is 0. The number of fused-ring (bicyclic) bond motifs is 1. The summed E-state index contributed by atoms with van der Waals surface area (Å²) < 4.78 is 5.36. The Kier molecular flexibility index (Phi) is 7.19. The van der Waals surface area contributed by atoms with Gasteiger partial charge in [0.1, 0.15) is 11.6 Å². The van der Waals surface area contributed by atoms with E-state index in [1.54, 1.807) is 30.5 Å². The Morgan fingerprint density at radius 1 is 1.00 bits per heavy atom. The second-order valence-electron chi connectivity index (χ2n) is 7.88. The maximum Gasteiger partial charge on any atom is 0.251 e. The Morgan fingerprint density at radius 3 is 2.52 bits per heavy atom. The highest BCUT2D eigenvalue weighted by atomic mass is 16.5. The molecule has 170 valence electrons. The fourth-order valence-electron chi connectivity index (χ4n) is 3.79. The minimum atomic E-state index is -0.303. The van der Waals surface area contributed by atoms with Gasteiger partial charge in [0.15, 0.2) is 0 Å². The molecule has 2 heterocycles. The monoisotopic (exact) mass is 444 g/mol. The van der Waals surface area contributed by atoms with Crippen molar-refractivity contribution in [3.8, 4) is 5.75 Å². The molecule has 0 saturated heterocycles.